The first-order chi connectivity index (χ1) is 10.1. The van der Waals surface area contributed by atoms with Crippen LogP contribution in [0.25, 0.3) is 0 Å². The van der Waals surface area contributed by atoms with Crippen LogP contribution in [0, 0.1) is 0 Å². The van der Waals surface area contributed by atoms with E-state index in [9.17, 15) is 9.59 Å². The third kappa shape index (κ3) is 3.74. The van der Waals surface area contributed by atoms with Crippen molar-refractivity contribution in [2.45, 2.75) is 38.1 Å². The summed E-state index contributed by atoms with van der Waals surface area (Å²) in [6, 6.07) is 7.22. The van der Waals surface area contributed by atoms with E-state index in [0.29, 0.717) is 11.3 Å². The van der Waals surface area contributed by atoms with Crippen LogP contribution in [-0.4, -0.2) is 41.6 Å². The molecule has 1 amide bonds. The van der Waals surface area contributed by atoms with Gasteiger partial charge in [0.2, 0.25) is 0 Å². The zero-order valence-electron chi connectivity index (χ0n) is 12.2. The normalized spacial score (nSPS) is 14.9. The molecule has 1 fully saturated rings. The lowest BCUT2D eigenvalue weighted by Gasteiger charge is -2.29. The van der Waals surface area contributed by atoms with Gasteiger partial charge in [0.15, 0.2) is 0 Å². The molecule has 0 heterocycles. The maximum absolute atomic E-state index is 12.8. The first-order valence-electron chi connectivity index (χ1n) is 7.29. The number of hydrogen-bond acceptors (Lipinski definition) is 3. The van der Waals surface area contributed by atoms with Crippen molar-refractivity contribution in [3.63, 3.8) is 0 Å². The summed E-state index contributed by atoms with van der Waals surface area (Å²) in [4.78, 5) is 25.3. The van der Waals surface area contributed by atoms with Gasteiger partial charge in [-0.25, -0.2) is 0 Å². The van der Waals surface area contributed by atoms with Gasteiger partial charge in [-0.15, -0.1) is 0 Å². The minimum Gasteiger partial charge on any atom is -0.496 e. The van der Waals surface area contributed by atoms with Crippen LogP contribution in [0.15, 0.2) is 24.3 Å². The standard InChI is InChI=1S/C16H21NO4/c1-21-14-9-5-4-8-13(14)16(20)17(11-10-15(18)19)12-6-2-3-7-12/h4-5,8-9,12H,2-3,6-7,10-11H2,1H3,(H,18,19). The largest absolute Gasteiger partial charge is 0.496 e. The van der Waals surface area contributed by atoms with Gasteiger partial charge in [-0.2, -0.15) is 0 Å². The average Bonchev–Trinajstić information content (AvgIpc) is 3.01. The molecule has 0 radical (unpaired) electrons. The highest BCUT2D eigenvalue weighted by Gasteiger charge is 2.29. The number of benzene rings is 1. The molecule has 0 aromatic heterocycles. The number of rotatable bonds is 6. The molecule has 114 valence electrons. The summed E-state index contributed by atoms with van der Waals surface area (Å²) in [6.45, 7) is 0.247. The topological polar surface area (TPSA) is 66.8 Å². The Kier molecular flexibility index (Phi) is 5.20. The molecule has 0 atom stereocenters. The fraction of sp³-hybridized carbons (Fsp3) is 0.500. The summed E-state index contributed by atoms with van der Waals surface area (Å²) in [7, 11) is 1.53. The predicted molar refractivity (Wildman–Crippen MR) is 78.5 cm³/mol. The van der Waals surface area contributed by atoms with Gasteiger partial charge in [0.25, 0.3) is 5.91 Å². The minimum atomic E-state index is -0.883. The van der Waals surface area contributed by atoms with Crippen molar-refractivity contribution < 1.29 is 19.4 Å². The molecule has 1 saturated carbocycles. The number of hydrogen-bond donors (Lipinski definition) is 1. The summed E-state index contributed by atoms with van der Waals surface area (Å²) >= 11 is 0. The van der Waals surface area contributed by atoms with Gasteiger partial charge in [0.1, 0.15) is 5.75 Å². The second kappa shape index (κ2) is 7.11. The first-order valence-corrected chi connectivity index (χ1v) is 7.29. The Bertz CT molecular complexity index is 509. The Morgan fingerprint density at radius 3 is 2.57 bits per heavy atom. The zero-order chi connectivity index (χ0) is 15.2. The van der Waals surface area contributed by atoms with E-state index in [-0.39, 0.29) is 24.9 Å². The zero-order valence-corrected chi connectivity index (χ0v) is 12.2. The Morgan fingerprint density at radius 1 is 1.29 bits per heavy atom. The number of ether oxygens (including phenoxy) is 1. The van der Waals surface area contributed by atoms with Gasteiger partial charge < -0.3 is 14.7 Å². The summed E-state index contributed by atoms with van der Waals surface area (Å²) in [5, 5.41) is 8.90. The van der Waals surface area contributed by atoms with Crippen LogP contribution >= 0.6 is 0 Å². The number of methoxy groups -OCH3 is 1. The van der Waals surface area contributed by atoms with E-state index in [1.807, 2.05) is 6.07 Å². The molecule has 5 nitrogen and oxygen atoms in total. The number of carboxylic acids is 1. The van der Waals surface area contributed by atoms with E-state index in [1.54, 1.807) is 23.1 Å². The fourth-order valence-corrected chi connectivity index (χ4v) is 2.86. The molecule has 1 N–H and O–H groups in total. The van der Waals surface area contributed by atoms with E-state index in [2.05, 4.69) is 0 Å². The van der Waals surface area contributed by atoms with Crippen LogP contribution < -0.4 is 4.74 Å². The summed E-state index contributed by atoms with van der Waals surface area (Å²) in [5.41, 5.74) is 0.497. The highest BCUT2D eigenvalue weighted by atomic mass is 16.5. The third-order valence-electron chi connectivity index (χ3n) is 3.93. The van der Waals surface area contributed by atoms with Gasteiger partial charge in [-0.05, 0) is 25.0 Å². The number of aliphatic carboxylic acids is 1. The second-order valence-electron chi connectivity index (χ2n) is 5.28. The molecule has 0 aliphatic heterocycles. The van der Waals surface area contributed by atoms with Crippen molar-refractivity contribution in [3.05, 3.63) is 29.8 Å². The molecule has 1 aromatic rings. The average molecular weight is 291 g/mol. The van der Waals surface area contributed by atoms with E-state index in [0.717, 1.165) is 25.7 Å². The first kappa shape index (κ1) is 15.4. The Balaban J connectivity index is 2.21. The second-order valence-corrected chi connectivity index (χ2v) is 5.28. The van der Waals surface area contributed by atoms with Crippen LogP contribution in [0.1, 0.15) is 42.5 Å². The van der Waals surface area contributed by atoms with Crippen molar-refractivity contribution in [2.75, 3.05) is 13.7 Å². The Hall–Kier alpha value is -2.04. The molecule has 0 spiro atoms. The SMILES string of the molecule is COc1ccccc1C(=O)N(CCC(=O)O)C1CCCC1. The lowest BCUT2D eigenvalue weighted by Crippen LogP contribution is -2.40. The fourth-order valence-electron chi connectivity index (χ4n) is 2.86. The molecule has 0 unspecified atom stereocenters. The number of carboxylic acid groups (broad SMARTS) is 1. The van der Waals surface area contributed by atoms with E-state index >= 15 is 0 Å². The maximum atomic E-state index is 12.8. The Labute approximate surface area is 124 Å². The minimum absolute atomic E-state index is 0.0304. The van der Waals surface area contributed by atoms with E-state index in [4.69, 9.17) is 9.84 Å². The Morgan fingerprint density at radius 2 is 1.95 bits per heavy atom. The van der Waals surface area contributed by atoms with Crippen LogP contribution in [0.3, 0.4) is 0 Å². The molecule has 0 saturated heterocycles. The van der Waals surface area contributed by atoms with Gasteiger partial charge in [0.05, 0.1) is 19.1 Å². The molecular weight excluding hydrogens is 270 g/mol. The molecule has 1 aliphatic rings. The van der Waals surface area contributed by atoms with Gasteiger partial charge in [0, 0.05) is 12.6 Å². The molecule has 0 bridgehead atoms. The maximum Gasteiger partial charge on any atom is 0.305 e. The van der Waals surface area contributed by atoms with E-state index in [1.165, 1.54) is 7.11 Å². The summed E-state index contributed by atoms with van der Waals surface area (Å²) < 4.78 is 5.24. The van der Waals surface area contributed by atoms with Crippen LogP contribution in [-0.2, 0) is 4.79 Å². The number of para-hydroxylation sites is 1. The van der Waals surface area contributed by atoms with Gasteiger partial charge in [-0.1, -0.05) is 25.0 Å². The van der Waals surface area contributed by atoms with Crippen molar-refractivity contribution in [3.8, 4) is 5.75 Å². The monoisotopic (exact) mass is 291 g/mol. The quantitative estimate of drug-likeness (QED) is 0.874. The van der Waals surface area contributed by atoms with Gasteiger partial charge in [-0.3, -0.25) is 9.59 Å². The van der Waals surface area contributed by atoms with Crippen molar-refractivity contribution in [2.24, 2.45) is 0 Å². The molecule has 1 aliphatic carbocycles. The molecule has 1 aromatic carbocycles. The highest BCUT2D eigenvalue weighted by molar-refractivity contribution is 5.97. The summed E-state index contributed by atoms with van der Waals surface area (Å²) in [5.74, 6) is -0.493. The summed E-state index contributed by atoms with van der Waals surface area (Å²) in [6.07, 6.45) is 4.04. The highest BCUT2D eigenvalue weighted by Crippen LogP contribution is 2.27. The van der Waals surface area contributed by atoms with Crippen LogP contribution in [0.5, 0.6) is 5.75 Å². The lowest BCUT2D eigenvalue weighted by molar-refractivity contribution is -0.137. The lowest BCUT2D eigenvalue weighted by atomic mass is 10.1. The smallest absolute Gasteiger partial charge is 0.305 e. The number of amides is 1. The van der Waals surface area contributed by atoms with Crippen LogP contribution in [0.4, 0.5) is 0 Å². The number of carbonyl (C=O) groups is 2. The predicted octanol–water partition coefficient (Wildman–Crippen LogP) is 2.55. The van der Waals surface area contributed by atoms with Gasteiger partial charge >= 0.3 is 5.97 Å². The van der Waals surface area contributed by atoms with Crippen molar-refractivity contribution in [1.29, 1.82) is 0 Å². The number of nitrogens with zero attached hydrogens (tertiary/aromatic N) is 1. The molecule has 5 heteroatoms. The van der Waals surface area contributed by atoms with Crippen molar-refractivity contribution in [1.82, 2.24) is 4.90 Å². The molecule has 21 heavy (non-hydrogen) atoms. The van der Waals surface area contributed by atoms with E-state index < -0.39 is 5.97 Å². The van der Waals surface area contributed by atoms with Crippen LogP contribution in [0.2, 0.25) is 0 Å². The number of carbonyl (C=O) groups excluding carboxylic acids is 1. The third-order valence-corrected chi connectivity index (χ3v) is 3.93. The molecular formula is C16H21NO4. The molecule has 2 rings (SSSR count). The van der Waals surface area contributed by atoms with Crippen molar-refractivity contribution >= 4 is 11.9 Å².